The minimum Gasteiger partial charge on any atom is -0.484 e. The molecule has 2 aromatic rings. The number of amides is 1. The summed E-state index contributed by atoms with van der Waals surface area (Å²) in [6, 6.07) is 13.7. The average Bonchev–Trinajstić information content (AvgIpc) is 3.05. The van der Waals surface area contributed by atoms with E-state index in [1.807, 2.05) is 31.2 Å². The first-order chi connectivity index (χ1) is 12.0. The molecule has 3 rings (SSSR count). The Morgan fingerprint density at radius 3 is 2.60 bits per heavy atom. The molecule has 0 radical (unpaired) electrons. The van der Waals surface area contributed by atoms with Crippen molar-refractivity contribution in [3.8, 4) is 5.75 Å². The number of hydrogen-bond acceptors (Lipinski definition) is 4. The Morgan fingerprint density at radius 2 is 1.88 bits per heavy atom. The molecule has 6 nitrogen and oxygen atoms in total. The number of ether oxygens (including phenoxy) is 1. The highest BCUT2D eigenvalue weighted by molar-refractivity contribution is 7.92. The van der Waals surface area contributed by atoms with Crippen molar-refractivity contribution in [2.24, 2.45) is 0 Å². The third kappa shape index (κ3) is 3.61. The maximum atomic E-state index is 12.9. The first kappa shape index (κ1) is 17.3. The second-order valence-electron chi connectivity index (χ2n) is 5.67. The van der Waals surface area contributed by atoms with Crippen LogP contribution < -0.4 is 14.4 Å². The zero-order valence-corrected chi connectivity index (χ0v) is 14.8. The largest absolute Gasteiger partial charge is 0.484 e. The van der Waals surface area contributed by atoms with Gasteiger partial charge in [-0.3, -0.25) is 9.10 Å². The van der Waals surface area contributed by atoms with Gasteiger partial charge < -0.3 is 10.1 Å². The molecule has 25 heavy (non-hydrogen) atoms. The van der Waals surface area contributed by atoms with Crippen LogP contribution in [0, 0.1) is 0 Å². The topological polar surface area (TPSA) is 75.7 Å². The minimum atomic E-state index is -3.61. The summed E-state index contributed by atoms with van der Waals surface area (Å²) in [5.74, 6) is 0.236. The number of carbonyl (C=O) groups is 1. The summed E-state index contributed by atoms with van der Waals surface area (Å²) in [6.07, 6.45) is 0.711. The fourth-order valence-electron chi connectivity index (χ4n) is 2.79. The summed E-state index contributed by atoms with van der Waals surface area (Å²) in [5.41, 5.74) is 1.77. The molecule has 7 heteroatoms. The van der Waals surface area contributed by atoms with Gasteiger partial charge in [0.1, 0.15) is 5.75 Å². The van der Waals surface area contributed by atoms with Crippen LogP contribution in [-0.2, 0) is 21.2 Å². The van der Waals surface area contributed by atoms with Gasteiger partial charge >= 0.3 is 0 Å². The molecule has 1 aliphatic rings. The van der Waals surface area contributed by atoms with Crippen molar-refractivity contribution in [3.05, 3.63) is 54.1 Å². The van der Waals surface area contributed by atoms with Gasteiger partial charge in [-0.1, -0.05) is 18.2 Å². The second kappa shape index (κ2) is 7.14. The smallest absolute Gasteiger partial charge is 0.264 e. The van der Waals surface area contributed by atoms with Crippen molar-refractivity contribution in [1.29, 1.82) is 0 Å². The van der Waals surface area contributed by atoms with Gasteiger partial charge in [-0.25, -0.2) is 8.42 Å². The van der Waals surface area contributed by atoms with E-state index in [-0.39, 0.29) is 17.4 Å². The number of nitrogens with zero attached hydrogens (tertiary/aromatic N) is 1. The Balaban J connectivity index is 1.75. The summed E-state index contributed by atoms with van der Waals surface area (Å²) in [5, 5.41) is 2.63. The van der Waals surface area contributed by atoms with E-state index in [0.29, 0.717) is 25.3 Å². The van der Waals surface area contributed by atoms with E-state index in [0.717, 1.165) is 11.3 Å². The summed E-state index contributed by atoms with van der Waals surface area (Å²) in [4.78, 5) is 11.6. The zero-order chi connectivity index (χ0) is 17.9. The summed E-state index contributed by atoms with van der Waals surface area (Å²) >= 11 is 0. The molecule has 132 valence electrons. The van der Waals surface area contributed by atoms with Crippen molar-refractivity contribution in [2.75, 3.05) is 24.0 Å². The van der Waals surface area contributed by atoms with Gasteiger partial charge in [-0.05, 0) is 49.2 Å². The molecule has 0 atom stereocenters. The number of hydrogen-bond donors (Lipinski definition) is 1. The normalized spacial score (nSPS) is 13.4. The third-order valence-electron chi connectivity index (χ3n) is 4.00. The lowest BCUT2D eigenvalue weighted by molar-refractivity contribution is -0.122. The van der Waals surface area contributed by atoms with Crippen LogP contribution in [0.3, 0.4) is 0 Å². The van der Waals surface area contributed by atoms with Crippen LogP contribution in [0.5, 0.6) is 5.75 Å². The SMILES string of the molecule is CCNC(=O)COc1ccc(S(=O)(=O)N2CCc3ccccc32)cc1. The third-order valence-corrected chi connectivity index (χ3v) is 5.83. The number of rotatable bonds is 6. The zero-order valence-electron chi connectivity index (χ0n) is 13.9. The molecular formula is C18H20N2O4S. The van der Waals surface area contributed by atoms with Crippen LogP contribution >= 0.6 is 0 Å². The molecule has 1 N–H and O–H groups in total. The maximum absolute atomic E-state index is 12.9. The van der Waals surface area contributed by atoms with E-state index < -0.39 is 10.0 Å². The number of para-hydroxylation sites is 1. The molecule has 0 saturated heterocycles. The molecule has 0 spiro atoms. The molecule has 0 saturated carbocycles. The van der Waals surface area contributed by atoms with Gasteiger partial charge in [0.25, 0.3) is 15.9 Å². The molecule has 1 aliphatic heterocycles. The molecule has 1 amide bonds. The van der Waals surface area contributed by atoms with Gasteiger partial charge in [-0.2, -0.15) is 0 Å². The molecular weight excluding hydrogens is 340 g/mol. The molecule has 1 heterocycles. The van der Waals surface area contributed by atoms with Crippen LogP contribution in [0.1, 0.15) is 12.5 Å². The number of likely N-dealkylation sites (N-methyl/N-ethyl adjacent to an activating group) is 1. The fraction of sp³-hybridized carbons (Fsp3) is 0.278. The Kier molecular flexibility index (Phi) is 4.94. The van der Waals surface area contributed by atoms with Crippen molar-refractivity contribution < 1.29 is 17.9 Å². The molecule has 0 aromatic heterocycles. The van der Waals surface area contributed by atoms with E-state index in [1.165, 1.54) is 16.4 Å². The Hall–Kier alpha value is -2.54. The monoisotopic (exact) mass is 360 g/mol. The van der Waals surface area contributed by atoms with Crippen molar-refractivity contribution in [3.63, 3.8) is 0 Å². The first-order valence-electron chi connectivity index (χ1n) is 8.12. The number of sulfonamides is 1. The standard InChI is InChI=1S/C18H20N2O4S/c1-2-19-18(21)13-24-15-7-9-16(10-8-15)25(22,23)20-12-11-14-5-3-4-6-17(14)20/h3-10H,2,11-13H2,1H3,(H,19,21). The minimum absolute atomic E-state index is 0.0978. The Bertz CT molecular complexity index is 863. The van der Waals surface area contributed by atoms with Crippen LogP contribution in [0.25, 0.3) is 0 Å². The van der Waals surface area contributed by atoms with Crippen LogP contribution in [0.15, 0.2) is 53.4 Å². The molecule has 0 unspecified atom stereocenters. The number of fused-ring (bicyclic) bond motifs is 1. The van der Waals surface area contributed by atoms with E-state index in [1.54, 1.807) is 12.1 Å². The molecule has 2 aromatic carbocycles. The number of benzene rings is 2. The lowest BCUT2D eigenvalue weighted by Crippen LogP contribution is -2.29. The van der Waals surface area contributed by atoms with E-state index in [9.17, 15) is 13.2 Å². The van der Waals surface area contributed by atoms with E-state index >= 15 is 0 Å². The lowest BCUT2D eigenvalue weighted by Gasteiger charge is -2.19. The lowest BCUT2D eigenvalue weighted by atomic mass is 10.2. The van der Waals surface area contributed by atoms with Gasteiger partial charge in [-0.15, -0.1) is 0 Å². The van der Waals surface area contributed by atoms with Crippen LogP contribution in [0.4, 0.5) is 5.69 Å². The highest BCUT2D eigenvalue weighted by atomic mass is 32.2. The predicted molar refractivity (Wildman–Crippen MR) is 95.3 cm³/mol. The number of nitrogens with one attached hydrogen (secondary N) is 1. The van der Waals surface area contributed by atoms with Crippen molar-refractivity contribution >= 4 is 21.6 Å². The Labute approximate surface area is 147 Å². The van der Waals surface area contributed by atoms with Gasteiger partial charge in [0.15, 0.2) is 6.61 Å². The molecule has 0 bridgehead atoms. The average molecular weight is 360 g/mol. The molecule has 0 aliphatic carbocycles. The second-order valence-corrected chi connectivity index (χ2v) is 7.53. The number of carbonyl (C=O) groups excluding carboxylic acids is 1. The first-order valence-corrected chi connectivity index (χ1v) is 9.56. The van der Waals surface area contributed by atoms with E-state index in [4.69, 9.17) is 4.74 Å². The van der Waals surface area contributed by atoms with E-state index in [2.05, 4.69) is 5.32 Å². The highest BCUT2D eigenvalue weighted by Crippen LogP contribution is 2.32. The molecule has 0 fully saturated rings. The van der Waals surface area contributed by atoms with Gasteiger partial charge in [0.05, 0.1) is 10.6 Å². The van der Waals surface area contributed by atoms with Gasteiger partial charge in [0.2, 0.25) is 0 Å². The quantitative estimate of drug-likeness (QED) is 0.854. The Morgan fingerprint density at radius 1 is 1.16 bits per heavy atom. The van der Waals surface area contributed by atoms with Crippen LogP contribution in [0.2, 0.25) is 0 Å². The van der Waals surface area contributed by atoms with Crippen molar-refractivity contribution in [1.82, 2.24) is 5.32 Å². The predicted octanol–water partition coefficient (Wildman–Crippen LogP) is 1.95. The van der Waals surface area contributed by atoms with Gasteiger partial charge in [0, 0.05) is 13.1 Å². The maximum Gasteiger partial charge on any atom is 0.264 e. The highest BCUT2D eigenvalue weighted by Gasteiger charge is 2.30. The number of anilines is 1. The summed E-state index contributed by atoms with van der Waals surface area (Å²) in [7, 11) is -3.61. The summed E-state index contributed by atoms with van der Waals surface area (Å²) < 4.78 is 32.5. The van der Waals surface area contributed by atoms with Crippen LogP contribution in [-0.4, -0.2) is 34.0 Å². The summed E-state index contributed by atoms with van der Waals surface area (Å²) in [6.45, 7) is 2.71. The van der Waals surface area contributed by atoms with Crippen molar-refractivity contribution in [2.45, 2.75) is 18.2 Å². The fourth-order valence-corrected chi connectivity index (χ4v) is 4.29.